The van der Waals surface area contributed by atoms with Crippen LogP contribution in [-0.2, 0) is 19.1 Å². The SMILES string of the molecule is CC(C)COC(=O)N(NCCC(=O)O)C(=O)[C@@H]1CCCN(C(=O)CCC2CCNCC2)C1. The number of carbonyl (C=O) groups is 4. The van der Waals surface area contributed by atoms with E-state index in [1.807, 2.05) is 13.8 Å². The largest absolute Gasteiger partial charge is 0.481 e. The van der Waals surface area contributed by atoms with E-state index in [4.69, 9.17) is 9.84 Å². The summed E-state index contributed by atoms with van der Waals surface area (Å²) in [5.74, 6) is -1.35. The Morgan fingerprint density at radius 3 is 2.53 bits per heavy atom. The van der Waals surface area contributed by atoms with Crippen molar-refractivity contribution in [2.24, 2.45) is 17.8 Å². The predicted molar refractivity (Wildman–Crippen MR) is 117 cm³/mol. The van der Waals surface area contributed by atoms with Gasteiger partial charge in [0.25, 0.3) is 5.91 Å². The van der Waals surface area contributed by atoms with Crippen molar-refractivity contribution in [2.45, 2.75) is 58.8 Å². The van der Waals surface area contributed by atoms with Crippen molar-refractivity contribution in [1.29, 1.82) is 0 Å². The van der Waals surface area contributed by atoms with E-state index in [0.29, 0.717) is 31.7 Å². The zero-order valence-corrected chi connectivity index (χ0v) is 19.3. The lowest BCUT2D eigenvalue weighted by Crippen LogP contribution is -2.54. The minimum absolute atomic E-state index is 0.0498. The number of carboxylic acids is 1. The van der Waals surface area contributed by atoms with Gasteiger partial charge < -0.3 is 20.1 Å². The van der Waals surface area contributed by atoms with E-state index in [-0.39, 0.29) is 37.9 Å². The maximum atomic E-state index is 13.1. The van der Waals surface area contributed by atoms with Crippen LogP contribution in [0.25, 0.3) is 0 Å². The van der Waals surface area contributed by atoms with Gasteiger partial charge in [-0.3, -0.25) is 14.4 Å². The van der Waals surface area contributed by atoms with Crippen LogP contribution < -0.4 is 10.7 Å². The van der Waals surface area contributed by atoms with E-state index in [1.54, 1.807) is 4.90 Å². The molecule has 0 unspecified atom stereocenters. The second kappa shape index (κ2) is 13.4. The summed E-state index contributed by atoms with van der Waals surface area (Å²) >= 11 is 0. The summed E-state index contributed by atoms with van der Waals surface area (Å²) in [5.41, 5.74) is 2.60. The molecule has 3 amide bonds. The number of piperidine rings is 2. The zero-order valence-electron chi connectivity index (χ0n) is 19.3. The molecule has 2 aliphatic rings. The first kappa shape index (κ1) is 26.1. The molecule has 3 N–H and O–H groups in total. The van der Waals surface area contributed by atoms with Gasteiger partial charge in [-0.15, -0.1) is 0 Å². The number of hydrazine groups is 1. The normalized spacial score (nSPS) is 19.6. The number of carbonyl (C=O) groups excluding carboxylic acids is 3. The molecule has 10 nitrogen and oxygen atoms in total. The molecule has 0 aromatic heterocycles. The highest BCUT2D eigenvalue weighted by atomic mass is 16.6. The number of nitrogens with one attached hydrogen (secondary N) is 2. The monoisotopic (exact) mass is 454 g/mol. The van der Waals surface area contributed by atoms with Crippen LogP contribution in [0.1, 0.15) is 58.8 Å². The maximum absolute atomic E-state index is 13.1. The average Bonchev–Trinajstić information content (AvgIpc) is 2.79. The number of amides is 3. The average molecular weight is 455 g/mol. The molecule has 182 valence electrons. The molecule has 2 fully saturated rings. The van der Waals surface area contributed by atoms with Crippen molar-refractivity contribution >= 4 is 23.9 Å². The van der Waals surface area contributed by atoms with E-state index in [1.165, 1.54) is 0 Å². The Kier molecular flexibility index (Phi) is 10.9. The van der Waals surface area contributed by atoms with Gasteiger partial charge in [-0.25, -0.2) is 10.2 Å². The third-order valence-electron chi connectivity index (χ3n) is 5.90. The van der Waals surface area contributed by atoms with Gasteiger partial charge in [-0.1, -0.05) is 13.8 Å². The molecule has 2 aliphatic heterocycles. The maximum Gasteiger partial charge on any atom is 0.431 e. The Morgan fingerprint density at radius 2 is 1.88 bits per heavy atom. The van der Waals surface area contributed by atoms with Gasteiger partial charge in [-0.05, 0) is 57.0 Å². The first-order valence-corrected chi connectivity index (χ1v) is 11.7. The van der Waals surface area contributed by atoms with Crippen LogP contribution >= 0.6 is 0 Å². The van der Waals surface area contributed by atoms with Gasteiger partial charge in [0, 0.05) is 26.1 Å². The summed E-state index contributed by atoms with van der Waals surface area (Å²) in [6, 6.07) is 0. The Labute approximate surface area is 190 Å². The molecular weight excluding hydrogens is 416 g/mol. The first-order valence-electron chi connectivity index (χ1n) is 11.7. The van der Waals surface area contributed by atoms with Crippen molar-refractivity contribution in [3.8, 4) is 0 Å². The number of ether oxygens (including phenoxy) is 1. The summed E-state index contributed by atoms with van der Waals surface area (Å²) < 4.78 is 5.19. The molecule has 10 heteroatoms. The highest BCUT2D eigenvalue weighted by Crippen LogP contribution is 2.22. The Balaban J connectivity index is 1.93. The van der Waals surface area contributed by atoms with Gasteiger partial charge in [-0.2, -0.15) is 5.01 Å². The minimum Gasteiger partial charge on any atom is -0.481 e. The predicted octanol–water partition coefficient (Wildman–Crippen LogP) is 1.61. The van der Waals surface area contributed by atoms with Crippen LogP contribution in [0, 0.1) is 17.8 Å². The van der Waals surface area contributed by atoms with Crippen LogP contribution in [0.2, 0.25) is 0 Å². The van der Waals surface area contributed by atoms with Crippen molar-refractivity contribution < 1.29 is 29.0 Å². The Bertz CT molecular complexity index is 650. The van der Waals surface area contributed by atoms with Gasteiger partial charge in [0.2, 0.25) is 5.91 Å². The lowest BCUT2D eigenvalue weighted by Gasteiger charge is -2.34. The lowest BCUT2D eigenvalue weighted by atomic mass is 9.92. The molecular formula is C22H38N4O6. The number of hydrogen-bond acceptors (Lipinski definition) is 7. The number of carboxylic acid groups (broad SMARTS) is 1. The van der Waals surface area contributed by atoms with Gasteiger partial charge in [0.05, 0.1) is 18.9 Å². The fourth-order valence-electron chi connectivity index (χ4n) is 4.05. The van der Waals surface area contributed by atoms with Gasteiger partial charge in [0.1, 0.15) is 0 Å². The molecule has 2 rings (SSSR count). The Hall–Kier alpha value is -2.20. The van der Waals surface area contributed by atoms with E-state index < -0.39 is 23.9 Å². The quantitative estimate of drug-likeness (QED) is 0.425. The number of imide groups is 1. The van der Waals surface area contributed by atoms with Crippen molar-refractivity contribution in [2.75, 3.05) is 39.3 Å². The van der Waals surface area contributed by atoms with Crippen molar-refractivity contribution in [3.05, 3.63) is 0 Å². The second-order valence-electron chi connectivity index (χ2n) is 9.11. The van der Waals surface area contributed by atoms with Crippen LogP contribution in [0.5, 0.6) is 0 Å². The van der Waals surface area contributed by atoms with E-state index in [0.717, 1.165) is 37.4 Å². The highest BCUT2D eigenvalue weighted by Gasteiger charge is 2.34. The highest BCUT2D eigenvalue weighted by molar-refractivity contribution is 5.93. The van der Waals surface area contributed by atoms with E-state index in [9.17, 15) is 19.2 Å². The summed E-state index contributed by atoms with van der Waals surface area (Å²) in [5, 5.41) is 13.0. The topological polar surface area (TPSA) is 128 Å². The molecule has 0 radical (unpaired) electrons. The van der Waals surface area contributed by atoms with E-state index in [2.05, 4.69) is 10.7 Å². The molecule has 0 aliphatic carbocycles. The zero-order chi connectivity index (χ0) is 23.5. The molecule has 2 saturated heterocycles. The first-order chi connectivity index (χ1) is 15.3. The van der Waals surface area contributed by atoms with Crippen LogP contribution in [0.4, 0.5) is 4.79 Å². The number of nitrogens with zero attached hydrogens (tertiary/aromatic N) is 2. The number of rotatable bonds is 10. The number of hydrogen-bond donors (Lipinski definition) is 3. The lowest BCUT2D eigenvalue weighted by molar-refractivity contribution is -0.143. The summed E-state index contributed by atoms with van der Waals surface area (Å²) in [7, 11) is 0. The molecule has 0 bridgehead atoms. The molecule has 0 aromatic rings. The molecule has 0 aromatic carbocycles. The standard InChI is InChI=1S/C22H38N4O6/c1-16(2)15-32-22(31)26(24-12-9-20(28)29)21(30)18-4-3-13-25(14-18)19(27)6-5-17-7-10-23-11-8-17/h16-18,23-24H,3-15H2,1-2H3,(H,28,29)/t18-/m1/s1. The summed E-state index contributed by atoms with van der Waals surface area (Å²) in [4.78, 5) is 50.9. The summed E-state index contributed by atoms with van der Waals surface area (Å²) in [6.45, 7) is 6.70. The van der Waals surface area contributed by atoms with Gasteiger partial charge in [0.15, 0.2) is 0 Å². The minimum atomic E-state index is -1.04. The molecule has 32 heavy (non-hydrogen) atoms. The van der Waals surface area contributed by atoms with Crippen LogP contribution in [0.3, 0.4) is 0 Å². The van der Waals surface area contributed by atoms with Crippen LogP contribution in [-0.4, -0.2) is 78.2 Å². The molecule has 1 atom stereocenters. The third-order valence-corrected chi connectivity index (χ3v) is 5.90. The molecule has 0 saturated carbocycles. The van der Waals surface area contributed by atoms with Crippen LogP contribution in [0.15, 0.2) is 0 Å². The van der Waals surface area contributed by atoms with E-state index >= 15 is 0 Å². The Morgan fingerprint density at radius 1 is 1.16 bits per heavy atom. The smallest absolute Gasteiger partial charge is 0.431 e. The number of likely N-dealkylation sites (tertiary alicyclic amines) is 1. The fourth-order valence-corrected chi connectivity index (χ4v) is 4.05. The van der Waals surface area contributed by atoms with Gasteiger partial charge >= 0.3 is 12.1 Å². The third kappa shape index (κ3) is 8.74. The number of aliphatic carboxylic acids is 1. The molecule has 2 heterocycles. The summed E-state index contributed by atoms with van der Waals surface area (Å²) in [6.07, 6.45) is 3.66. The fraction of sp³-hybridized carbons (Fsp3) is 0.818. The molecule has 0 spiro atoms. The van der Waals surface area contributed by atoms with Crippen molar-refractivity contribution in [3.63, 3.8) is 0 Å². The second-order valence-corrected chi connectivity index (χ2v) is 9.11. The van der Waals surface area contributed by atoms with Crippen molar-refractivity contribution in [1.82, 2.24) is 20.7 Å².